The zero-order valence-corrected chi connectivity index (χ0v) is 14.7. The molecule has 1 rings (SSSR count). The quantitative estimate of drug-likeness (QED) is 0.405. The molecule has 162 valence electrons. The summed E-state index contributed by atoms with van der Waals surface area (Å²) in [6.07, 6.45) is 1.21. The molecule has 0 unspecified atom stereocenters. The molecule has 24 heavy (non-hydrogen) atoms. The highest BCUT2D eigenvalue weighted by Gasteiger charge is 2.10. The second kappa shape index (κ2) is 66.6. The van der Waals surface area contributed by atoms with Crippen LogP contribution in [0.25, 0.3) is 0 Å². The van der Waals surface area contributed by atoms with Crippen LogP contribution in [0.1, 0.15) is 141 Å². The van der Waals surface area contributed by atoms with Gasteiger partial charge < -0.3 is 0 Å². The Balaban J connectivity index is -0.0000000113. The Morgan fingerprint density at radius 2 is 0.500 bits per heavy atom. The Bertz CT molecular complexity index is 170. The van der Waals surface area contributed by atoms with Gasteiger partial charge in [-0.05, 0) is 45.3 Å². The SMILES string of the molecule is C.C.C.C.C.C.C.CC.CC.CC.CC.CC1=C(C)C(C)=C(C)C1. The lowest BCUT2D eigenvalue weighted by Crippen LogP contribution is -1.74. The Morgan fingerprint density at radius 3 is 0.542 bits per heavy atom. The maximum Gasteiger partial charge on any atom is -0.0102 e. The molecule has 0 aliphatic heterocycles. The highest BCUT2D eigenvalue weighted by atomic mass is 14.2. The molecule has 0 bridgehead atoms. The first-order chi connectivity index (χ1) is 8.13. The van der Waals surface area contributed by atoms with Crippen LogP contribution >= 0.6 is 0 Å². The number of allylic oxidation sites excluding steroid dienone is 4. The fourth-order valence-corrected chi connectivity index (χ4v) is 1.30. The van der Waals surface area contributed by atoms with Crippen molar-refractivity contribution < 1.29 is 0 Å². The largest absolute Gasteiger partial charge is 0.0776 e. The lowest BCUT2D eigenvalue weighted by Gasteiger charge is -1.94. The van der Waals surface area contributed by atoms with Gasteiger partial charge in [-0.25, -0.2) is 0 Å². The summed E-state index contributed by atoms with van der Waals surface area (Å²) in [4.78, 5) is 0. The third kappa shape index (κ3) is 37.6. The van der Waals surface area contributed by atoms with E-state index in [9.17, 15) is 0 Å². The lowest BCUT2D eigenvalue weighted by atomic mass is 10.1. The van der Waals surface area contributed by atoms with Crippen LogP contribution in [-0.2, 0) is 0 Å². The van der Waals surface area contributed by atoms with Gasteiger partial charge in [-0.1, -0.05) is 119 Å². The Hall–Kier alpha value is -0.520. The first-order valence-corrected chi connectivity index (χ1v) is 7.46. The van der Waals surface area contributed by atoms with Crippen molar-refractivity contribution >= 4 is 0 Å². The summed E-state index contributed by atoms with van der Waals surface area (Å²) in [5.41, 5.74) is 6.11. The standard InChI is InChI=1S/C9H14.4C2H6.7CH4/c1-6-5-7(2)9(4)8(6)3;4*1-2;;;;;;;/h5H2,1-4H3;4*1-2H3;7*1H4. The van der Waals surface area contributed by atoms with Crippen LogP contribution in [0.5, 0.6) is 0 Å². The molecule has 0 heterocycles. The molecule has 0 aromatic heterocycles. The maximum absolute atomic E-state index is 2.22. The second-order valence-electron chi connectivity index (χ2n) is 2.99. The molecule has 1 aliphatic carbocycles. The molecule has 0 radical (unpaired) electrons. The molecule has 0 spiro atoms. The molecule has 0 saturated carbocycles. The number of rotatable bonds is 0. The van der Waals surface area contributed by atoms with Crippen molar-refractivity contribution in [3.05, 3.63) is 22.3 Å². The van der Waals surface area contributed by atoms with Crippen LogP contribution in [0.3, 0.4) is 0 Å². The van der Waals surface area contributed by atoms with Gasteiger partial charge in [-0.15, -0.1) is 0 Å². The van der Waals surface area contributed by atoms with Crippen molar-refractivity contribution in [2.75, 3.05) is 0 Å². The predicted octanol–water partition coefficient (Wildman–Crippen LogP) is 11.6. The van der Waals surface area contributed by atoms with Crippen LogP contribution in [0.2, 0.25) is 0 Å². The van der Waals surface area contributed by atoms with Crippen molar-refractivity contribution in [1.82, 2.24) is 0 Å². The molecule has 0 nitrogen and oxygen atoms in total. The van der Waals surface area contributed by atoms with Gasteiger partial charge in [0.25, 0.3) is 0 Å². The molecular weight excluding hydrogens is 288 g/mol. The monoisotopic (exact) mass is 355 g/mol. The first-order valence-electron chi connectivity index (χ1n) is 7.46. The van der Waals surface area contributed by atoms with E-state index in [2.05, 4.69) is 27.7 Å². The smallest absolute Gasteiger partial charge is 0.0102 e. The van der Waals surface area contributed by atoms with E-state index < -0.39 is 0 Å². The molecule has 0 atom stereocenters. The fourth-order valence-electron chi connectivity index (χ4n) is 1.30. The lowest BCUT2D eigenvalue weighted by molar-refractivity contribution is 1.13. The van der Waals surface area contributed by atoms with Crippen molar-refractivity contribution in [2.45, 2.75) is 141 Å². The summed E-state index contributed by atoms with van der Waals surface area (Å²) in [6.45, 7) is 24.9. The minimum Gasteiger partial charge on any atom is -0.0776 e. The average molecular weight is 355 g/mol. The van der Waals surface area contributed by atoms with E-state index in [-0.39, 0.29) is 52.0 Å². The molecule has 0 aromatic rings. The molecular formula is C24H66. The molecule has 0 saturated heterocycles. The van der Waals surface area contributed by atoms with Crippen LogP contribution in [0.4, 0.5) is 0 Å². The molecule has 0 aromatic carbocycles. The van der Waals surface area contributed by atoms with Gasteiger partial charge in [0.05, 0.1) is 0 Å². The van der Waals surface area contributed by atoms with Gasteiger partial charge in [0.1, 0.15) is 0 Å². The van der Waals surface area contributed by atoms with E-state index in [1.165, 1.54) is 17.6 Å². The van der Waals surface area contributed by atoms with Gasteiger partial charge >= 0.3 is 0 Å². The Labute approximate surface area is 164 Å². The van der Waals surface area contributed by atoms with Crippen LogP contribution in [-0.4, -0.2) is 0 Å². The minimum absolute atomic E-state index is 0. The zero-order valence-electron chi connectivity index (χ0n) is 14.7. The van der Waals surface area contributed by atoms with Gasteiger partial charge in [0.15, 0.2) is 0 Å². The molecule has 0 amide bonds. The fraction of sp³-hybridized carbons (Fsp3) is 0.833. The highest BCUT2D eigenvalue weighted by molar-refractivity contribution is 5.43. The van der Waals surface area contributed by atoms with Gasteiger partial charge in [0, 0.05) is 0 Å². The molecule has 0 N–H and O–H groups in total. The van der Waals surface area contributed by atoms with E-state index in [1.54, 1.807) is 11.1 Å². The van der Waals surface area contributed by atoms with Crippen LogP contribution < -0.4 is 0 Å². The van der Waals surface area contributed by atoms with E-state index in [0.29, 0.717) is 0 Å². The Morgan fingerprint density at radius 1 is 0.375 bits per heavy atom. The summed E-state index contributed by atoms with van der Waals surface area (Å²) >= 11 is 0. The van der Waals surface area contributed by atoms with E-state index in [1.807, 2.05) is 55.4 Å². The van der Waals surface area contributed by atoms with Crippen LogP contribution in [0.15, 0.2) is 22.3 Å². The zero-order chi connectivity index (χ0) is 15.0. The number of hydrogen-bond acceptors (Lipinski definition) is 0. The van der Waals surface area contributed by atoms with Gasteiger partial charge in [0.2, 0.25) is 0 Å². The average Bonchev–Trinajstić information content (AvgIpc) is 2.66. The molecule has 0 fully saturated rings. The van der Waals surface area contributed by atoms with E-state index >= 15 is 0 Å². The third-order valence-corrected chi connectivity index (χ3v) is 2.37. The second-order valence-corrected chi connectivity index (χ2v) is 2.99. The summed E-state index contributed by atoms with van der Waals surface area (Å²) in [7, 11) is 0. The third-order valence-electron chi connectivity index (χ3n) is 2.37. The summed E-state index contributed by atoms with van der Waals surface area (Å²) in [5, 5.41) is 0. The first kappa shape index (κ1) is 76.2. The Kier molecular flexibility index (Phi) is 211. The highest BCUT2D eigenvalue weighted by Crippen LogP contribution is 2.30. The summed E-state index contributed by atoms with van der Waals surface area (Å²) < 4.78 is 0. The molecule has 1 aliphatic rings. The normalized spacial score (nSPS) is 8.50. The van der Waals surface area contributed by atoms with Gasteiger partial charge in [-0.2, -0.15) is 0 Å². The maximum atomic E-state index is 2.22. The predicted molar refractivity (Wildman–Crippen MR) is 134 cm³/mol. The minimum atomic E-state index is 0. The van der Waals surface area contributed by atoms with Gasteiger partial charge in [-0.3, -0.25) is 0 Å². The summed E-state index contributed by atoms with van der Waals surface area (Å²) in [5.74, 6) is 0. The van der Waals surface area contributed by atoms with Crippen molar-refractivity contribution in [3.63, 3.8) is 0 Å². The van der Waals surface area contributed by atoms with Crippen molar-refractivity contribution in [1.29, 1.82) is 0 Å². The van der Waals surface area contributed by atoms with Crippen molar-refractivity contribution in [2.24, 2.45) is 0 Å². The topological polar surface area (TPSA) is 0 Å². The van der Waals surface area contributed by atoms with Crippen LogP contribution in [0, 0.1) is 0 Å². The van der Waals surface area contributed by atoms with E-state index in [0.717, 1.165) is 0 Å². The molecule has 0 heteroatoms. The summed E-state index contributed by atoms with van der Waals surface area (Å²) in [6, 6.07) is 0. The number of hydrogen-bond donors (Lipinski definition) is 0. The van der Waals surface area contributed by atoms with Crippen molar-refractivity contribution in [3.8, 4) is 0 Å². The van der Waals surface area contributed by atoms with E-state index in [4.69, 9.17) is 0 Å².